The highest BCUT2D eigenvalue weighted by atomic mass is 16.2. The molecule has 1 aromatic heterocycles. The zero-order chi connectivity index (χ0) is 20.1. The molecule has 1 atom stereocenters. The van der Waals surface area contributed by atoms with Crippen molar-refractivity contribution in [1.29, 1.82) is 0 Å². The second kappa shape index (κ2) is 8.76. The van der Waals surface area contributed by atoms with E-state index in [1.165, 1.54) is 18.4 Å². The molecule has 2 heterocycles. The van der Waals surface area contributed by atoms with Gasteiger partial charge in [0.15, 0.2) is 0 Å². The van der Waals surface area contributed by atoms with Crippen molar-refractivity contribution >= 4 is 11.8 Å². The van der Waals surface area contributed by atoms with E-state index in [-0.39, 0.29) is 23.1 Å². The molecule has 5 nitrogen and oxygen atoms in total. The maximum atomic E-state index is 13.0. The predicted molar refractivity (Wildman–Crippen MR) is 112 cm³/mol. The van der Waals surface area contributed by atoms with Crippen molar-refractivity contribution in [2.75, 3.05) is 13.1 Å². The Morgan fingerprint density at radius 3 is 2.59 bits per heavy atom. The Labute approximate surface area is 172 Å². The monoisotopic (exact) mass is 391 g/mol. The molecular formula is C24H29N3O2. The minimum Gasteiger partial charge on any atom is -0.355 e. The van der Waals surface area contributed by atoms with Gasteiger partial charge in [0.25, 0.3) is 0 Å². The molecule has 0 unspecified atom stereocenters. The van der Waals surface area contributed by atoms with Gasteiger partial charge in [-0.1, -0.05) is 49.2 Å². The van der Waals surface area contributed by atoms with Crippen molar-refractivity contribution in [3.05, 3.63) is 66.0 Å². The van der Waals surface area contributed by atoms with Gasteiger partial charge in [-0.3, -0.25) is 14.6 Å². The van der Waals surface area contributed by atoms with Gasteiger partial charge >= 0.3 is 0 Å². The fraction of sp³-hybridized carbons (Fsp3) is 0.458. The molecule has 1 N–H and O–H groups in total. The topological polar surface area (TPSA) is 62.3 Å². The third-order valence-corrected chi connectivity index (χ3v) is 6.50. The second-order valence-electron chi connectivity index (χ2n) is 8.40. The van der Waals surface area contributed by atoms with Crippen LogP contribution < -0.4 is 5.32 Å². The maximum absolute atomic E-state index is 13.0. The van der Waals surface area contributed by atoms with E-state index in [0.29, 0.717) is 32.5 Å². The number of pyridine rings is 1. The first-order chi connectivity index (χ1) is 14.2. The zero-order valence-electron chi connectivity index (χ0n) is 16.8. The second-order valence-corrected chi connectivity index (χ2v) is 8.40. The molecule has 1 saturated heterocycles. The average molecular weight is 392 g/mol. The summed E-state index contributed by atoms with van der Waals surface area (Å²) in [4.78, 5) is 31.4. The lowest BCUT2D eigenvalue weighted by molar-refractivity contribution is -0.139. The van der Waals surface area contributed by atoms with Gasteiger partial charge in [-0.15, -0.1) is 0 Å². The Hall–Kier alpha value is -2.69. The molecule has 0 bridgehead atoms. The number of amides is 2. The van der Waals surface area contributed by atoms with Crippen LogP contribution >= 0.6 is 0 Å². The van der Waals surface area contributed by atoms with Crippen molar-refractivity contribution in [2.45, 2.75) is 50.5 Å². The smallest absolute Gasteiger partial charge is 0.224 e. The summed E-state index contributed by atoms with van der Waals surface area (Å²) in [5.74, 6) is 0.0348. The van der Waals surface area contributed by atoms with Crippen LogP contribution in [0.25, 0.3) is 0 Å². The quantitative estimate of drug-likeness (QED) is 0.820. The van der Waals surface area contributed by atoms with Crippen LogP contribution in [-0.2, 0) is 21.5 Å². The van der Waals surface area contributed by atoms with E-state index in [1.807, 2.05) is 24.3 Å². The van der Waals surface area contributed by atoms with Crippen LogP contribution in [0.1, 0.15) is 49.8 Å². The highest BCUT2D eigenvalue weighted by Crippen LogP contribution is 2.40. The first-order valence-electron chi connectivity index (χ1n) is 10.7. The number of rotatable bonds is 6. The molecule has 1 aromatic carbocycles. The summed E-state index contributed by atoms with van der Waals surface area (Å²) in [6, 6.07) is 16.3. The maximum Gasteiger partial charge on any atom is 0.224 e. The molecule has 5 heteroatoms. The molecule has 0 spiro atoms. The number of hydrogen-bond acceptors (Lipinski definition) is 3. The molecule has 2 aromatic rings. The minimum absolute atomic E-state index is 0.0506. The van der Waals surface area contributed by atoms with Crippen molar-refractivity contribution in [3.63, 3.8) is 0 Å². The van der Waals surface area contributed by atoms with E-state index < -0.39 is 0 Å². The molecule has 1 aliphatic heterocycles. The molecule has 0 radical (unpaired) electrons. The zero-order valence-corrected chi connectivity index (χ0v) is 16.8. The number of aromatic nitrogens is 1. The van der Waals surface area contributed by atoms with E-state index in [0.717, 1.165) is 18.5 Å². The van der Waals surface area contributed by atoms with Crippen LogP contribution in [0.3, 0.4) is 0 Å². The number of piperidine rings is 1. The molecule has 4 rings (SSSR count). The minimum atomic E-state index is -0.148. The standard InChI is InChI=1S/C24H29N3O2/c28-22-12-11-19(16-27(22)17-21-10-4-7-15-25-21)23(29)26-18-24(13-5-6-14-24)20-8-2-1-3-9-20/h1-4,7-10,15,19H,5-6,11-14,16-18H2,(H,26,29)/t19-/m0/s1. The van der Waals surface area contributed by atoms with E-state index >= 15 is 0 Å². The van der Waals surface area contributed by atoms with Gasteiger partial charge in [0.05, 0.1) is 18.2 Å². The normalized spacial score (nSPS) is 21.2. The number of likely N-dealkylation sites (tertiary alicyclic amines) is 1. The van der Waals surface area contributed by atoms with Gasteiger partial charge < -0.3 is 10.2 Å². The molecule has 2 aliphatic rings. The largest absolute Gasteiger partial charge is 0.355 e. The number of nitrogens with one attached hydrogen (secondary N) is 1. The number of hydrogen-bond donors (Lipinski definition) is 1. The molecular weight excluding hydrogens is 362 g/mol. The summed E-state index contributed by atoms with van der Waals surface area (Å²) in [6.45, 7) is 1.62. The van der Waals surface area contributed by atoms with Crippen LogP contribution in [-0.4, -0.2) is 34.8 Å². The van der Waals surface area contributed by atoms with Gasteiger partial charge in [0, 0.05) is 31.1 Å². The highest BCUT2D eigenvalue weighted by molar-refractivity contribution is 5.83. The van der Waals surface area contributed by atoms with Crippen LogP contribution in [0, 0.1) is 5.92 Å². The number of carbonyl (C=O) groups is 2. The van der Waals surface area contributed by atoms with Crippen molar-refractivity contribution in [3.8, 4) is 0 Å². The third-order valence-electron chi connectivity index (χ3n) is 6.50. The van der Waals surface area contributed by atoms with Crippen molar-refractivity contribution < 1.29 is 9.59 Å². The summed E-state index contributed by atoms with van der Waals surface area (Å²) in [5.41, 5.74) is 2.24. The summed E-state index contributed by atoms with van der Waals surface area (Å²) < 4.78 is 0. The Morgan fingerprint density at radius 2 is 1.86 bits per heavy atom. The van der Waals surface area contributed by atoms with E-state index in [4.69, 9.17) is 0 Å². The summed E-state index contributed by atoms with van der Waals surface area (Å²) in [5, 5.41) is 3.24. The molecule has 29 heavy (non-hydrogen) atoms. The Balaban J connectivity index is 1.38. The SMILES string of the molecule is O=C(NCC1(c2ccccc2)CCCC1)[C@H]1CCC(=O)N(Cc2ccccn2)C1. The van der Waals surface area contributed by atoms with Gasteiger partial charge in [0.2, 0.25) is 11.8 Å². The Morgan fingerprint density at radius 1 is 1.10 bits per heavy atom. The van der Waals surface area contributed by atoms with Crippen molar-refractivity contribution in [2.24, 2.45) is 5.92 Å². The van der Waals surface area contributed by atoms with Gasteiger partial charge in [-0.05, 0) is 37.0 Å². The van der Waals surface area contributed by atoms with Gasteiger partial charge in [-0.25, -0.2) is 0 Å². The summed E-state index contributed by atoms with van der Waals surface area (Å²) >= 11 is 0. The molecule has 152 valence electrons. The van der Waals surface area contributed by atoms with E-state index in [9.17, 15) is 9.59 Å². The number of benzene rings is 1. The van der Waals surface area contributed by atoms with Crippen LogP contribution in [0.5, 0.6) is 0 Å². The molecule has 2 amide bonds. The van der Waals surface area contributed by atoms with E-state index in [2.05, 4.69) is 34.6 Å². The van der Waals surface area contributed by atoms with Crippen LogP contribution in [0.2, 0.25) is 0 Å². The molecule has 2 fully saturated rings. The van der Waals surface area contributed by atoms with Crippen LogP contribution in [0.15, 0.2) is 54.7 Å². The highest BCUT2D eigenvalue weighted by Gasteiger charge is 2.37. The lowest BCUT2D eigenvalue weighted by Gasteiger charge is -2.34. The lowest BCUT2D eigenvalue weighted by Crippen LogP contribution is -2.48. The van der Waals surface area contributed by atoms with Crippen LogP contribution in [0.4, 0.5) is 0 Å². The van der Waals surface area contributed by atoms with E-state index in [1.54, 1.807) is 11.1 Å². The Bertz CT molecular complexity index is 832. The fourth-order valence-electron chi connectivity index (χ4n) is 4.78. The third kappa shape index (κ3) is 4.50. The lowest BCUT2D eigenvalue weighted by atomic mass is 9.78. The first-order valence-corrected chi connectivity index (χ1v) is 10.7. The van der Waals surface area contributed by atoms with Crippen molar-refractivity contribution in [1.82, 2.24) is 15.2 Å². The van der Waals surface area contributed by atoms with Gasteiger partial charge in [-0.2, -0.15) is 0 Å². The average Bonchev–Trinajstić information content (AvgIpc) is 3.25. The Kier molecular flexibility index (Phi) is 5.93. The predicted octanol–water partition coefficient (Wildman–Crippen LogP) is 3.45. The fourth-order valence-corrected chi connectivity index (χ4v) is 4.78. The number of nitrogens with zero attached hydrogens (tertiary/aromatic N) is 2. The summed E-state index contributed by atoms with van der Waals surface area (Å²) in [7, 11) is 0. The first kappa shape index (κ1) is 19.6. The summed E-state index contributed by atoms with van der Waals surface area (Å²) in [6.07, 6.45) is 7.44. The number of carbonyl (C=O) groups excluding carboxylic acids is 2. The molecule has 1 aliphatic carbocycles. The molecule has 1 saturated carbocycles. The van der Waals surface area contributed by atoms with Gasteiger partial charge in [0.1, 0.15) is 0 Å².